The lowest BCUT2D eigenvalue weighted by Gasteiger charge is -2.08. The third-order valence-corrected chi connectivity index (χ3v) is 4.35. The van der Waals surface area contributed by atoms with E-state index in [4.69, 9.17) is 9.47 Å². The molecule has 0 saturated heterocycles. The van der Waals surface area contributed by atoms with Crippen molar-refractivity contribution in [1.82, 2.24) is 0 Å². The van der Waals surface area contributed by atoms with Crippen LogP contribution in [0.2, 0.25) is 0 Å². The highest BCUT2D eigenvalue weighted by Gasteiger charge is 2.21. The Balaban J connectivity index is 2.08. The van der Waals surface area contributed by atoms with Gasteiger partial charge in [-0.05, 0) is 31.5 Å². The SMILES string of the molecule is COC(=O)c1c(NC(=O)COc2ccccc2F)sc(C)c1C. The lowest BCUT2D eigenvalue weighted by Crippen LogP contribution is -2.21. The largest absolute Gasteiger partial charge is 0.481 e. The Hall–Kier alpha value is -2.41. The van der Waals surface area contributed by atoms with Gasteiger partial charge in [-0.2, -0.15) is 0 Å². The molecule has 0 fully saturated rings. The molecule has 122 valence electrons. The van der Waals surface area contributed by atoms with Gasteiger partial charge >= 0.3 is 5.97 Å². The second kappa shape index (κ2) is 7.23. The Morgan fingerprint density at radius 3 is 2.61 bits per heavy atom. The molecule has 2 aromatic rings. The number of carbonyl (C=O) groups excluding carboxylic acids is 2. The van der Waals surface area contributed by atoms with Crippen LogP contribution < -0.4 is 10.1 Å². The van der Waals surface area contributed by atoms with E-state index in [0.29, 0.717) is 10.6 Å². The fourth-order valence-electron chi connectivity index (χ4n) is 1.93. The number of anilines is 1. The lowest BCUT2D eigenvalue weighted by atomic mass is 10.1. The van der Waals surface area contributed by atoms with Crippen LogP contribution in [0.15, 0.2) is 24.3 Å². The number of rotatable bonds is 5. The molecule has 1 amide bonds. The zero-order chi connectivity index (χ0) is 17.0. The molecule has 0 radical (unpaired) electrons. The standard InChI is InChI=1S/C16H16FNO4S/c1-9-10(2)23-15(14(9)16(20)21-3)18-13(19)8-22-12-7-5-4-6-11(12)17/h4-7H,8H2,1-3H3,(H,18,19). The van der Waals surface area contributed by atoms with Crippen molar-refractivity contribution >= 4 is 28.2 Å². The summed E-state index contributed by atoms with van der Waals surface area (Å²) in [5.74, 6) is -1.55. The van der Waals surface area contributed by atoms with E-state index in [-0.39, 0.29) is 12.4 Å². The third kappa shape index (κ3) is 3.87. The van der Waals surface area contributed by atoms with Gasteiger partial charge in [-0.15, -0.1) is 11.3 Å². The number of thiophene rings is 1. The highest BCUT2D eigenvalue weighted by atomic mass is 32.1. The molecular formula is C16H16FNO4S. The van der Waals surface area contributed by atoms with E-state index in [1.165, 1.54) is 36.6 Å². The molecule has 1 heterocycles. The highest BCUT2D eigenvalue weighted by Crippen LogP contribution is 2.32. The minimum absolute atomic E-state index is 0.00520. The van der Waals surface area contributed by atoms with Crippen LogP contribution in [0.4, 0.5) is 9.39 Å². The number of para-hydroxylation sites is 1. The van der Waals surface area contributed by atoms with E-state index in [2.05, 4.69) is 5.32 Å². The minimum Gasteiger partial charge on any atom is -0.481 e. The highest BCUT2D eigenvalue weighted by molar-refractivity contribution is 7.16. The van der Waals surface area contributed by atoms with Gasteiger partial charge in [0.2, 0.25) is 0 Å². The molecule has 0 bridgehead atoms. The number of amides is 1. The van der Waals surface area contributed by atoms with Gasteiger partial charge in [0.15, 0.2) is 18.2 Å². The number of hydrogen-bond acceptors (Lipinski definition) is 5. The van der Waals surface area contributed by atoms with Crippen LogP contribution in [0.1, 0.15) is 20.8 Å². The molecule has 7 heteroatoms. The van der Waals surface area contributed by atoms with Gasteiger partial charge in [0.1, 0.15) is 5.00 Å². The van der Waals surface area contributed by atoms with Crippen molar-refractivity contribution in [3.8, 4) is 5.75 Å². The minimum atomic E-state index is -0.543. The number of methoxy groups -OCH3 is 1. The predicted octanol–water partition coefficient (Wildman–Crippen LogP) is 3.31. The lowest BCUT2D eigenvalue weighted by molar-refractivity contribution is -0.118. The van der Waals surface area contributed by atoms with Crippen LogP contribution in [0.5, 0.6) is 5.75 Å². The first-order valence-corrected chi connectivity index (χ1v) is 7.61. The van der Waals surface area contributed by atoms with Crippen molar-refractivity contribution < 1.29 is 23.5 Å². The Bertz CT molecular complexity index is 742. The first-order valence-electron chi connectivity index (χ1n) is 6.79. The van der Waals surface area contributed by atoms with Crippen molar-refractivity contribution in [2.24, 2.45) is 0 Å². The fraction of sp³-hybridized carbons (Fsp3) is 0.250. The molecule has 0 aliphatic rings. The van der Waals surface area contributed by atoms with E-state index in [9.17, 15) is 14.0 Å². The van der Waals surface area contributed by atoms with Crippen LogP contribution in [0.25, 0.3) is 0 Å². The van der Waals surface area contributed by atoms with Crippen molar-refractivity contribution in [2.75, 3.05) is 19.0 Å². The van der Waals surface area contributed by atoms with E-state index in [1.54, 1.807) is 13.0 Å². The molecule has 1 N–H and O–H groups in total. The van der Waals surface area contributed by atoms with Crippen LogP contribution in [0, 0.1) is 19.7 Å². The maximum atomic E-state index is 13.4. The smallest absolute Gasteiger partial charge is 0.341 e. The Kier molecular flexibility index (Phi) is 5.33. The molecule has 2 rings (SSSR count). The molecule has 0 aliphatic carbocycles. The van der Waals surface area contributed by atoms with Gasteiger partial charge < -0.3 is 14.8 Å². The second-order valence-electron chi connectivity index (χ2n) is 4.75. The summed E-state index contributed by atoms with van der Waals surface area (Å²) in [6.45, 7) is 3.26. The van der Waals surface area contributed by atoms with Gasteiger partial charge in [-0.3, -0.25) is 4.79 Å². The van der Waals surface area contributed by atoms with Crippen LogP contribution >= 0.6 is 11.3 Å². The topological polar surface area (TPSA) is 64.6 Å². The maximum absolute atomic E-state index is 13.4. The van der Waals surface area contributed by atoms with E-state index < -0.39 is 17.7 Å². The molecule has 5 nitrogen and oxygen atoms in total. The average Bonchev–Trinajstić information content (AvgIpc) is 2.80. The van der Waals surface area contributed by atoms with Gasteiger partial charge in [-0.25, -0.2) is 9.18 Å². The van der Waals surface area contributed by atoms with Gasteiger partial charge in [-0.1, -0.05) is 12.1 Å². The van der Waals surface area contributed by atoms with Crippen LogP contribution in [-0.2, 0) is 9.53 Å². The Morgan fingerprint density at radius 1 is 1.26 bits per heavy atom. The number of carbonyl (C=O) groups is 2. The van der Waals surface area contributed by atoms with Crippen molar-refractivity contribution in [3.63, 3.8) is 0 Å². The van der Waals surface area contributed by atoms with Gasteiger partial charge in [0.05, 0.1) is 12.7 Å². The molecular weight excluding hydrogens is 321 g/mol. The number of esters is 1. The van der Waals surface area contributed by atoms with Crippen molar-refractivity contribution in [1.29, 1.82) is 0 Å². The maximum Gasteiger partial charge on any atom is 0.341 e. The quantitative estimate of drug-likeness (QED) is 0.850. The number of benzene rings is 1. The zero-order valence-corrected chi connectivity index (χ0v) is 13.8. The first kappa shape index (κ1) is 17.0. The van der Waals surface area contributed by atoms with Gasteiger partial charge in [0, 0.05) is 4.88 Å². The Morgan fingerprint density at radius 2 is 1.96 bits per heavy atom. The number of nitrogens with one attached hydrogen (secondary N) is 1. The zero-order valence-electron chi connectivity index (χ0n) is 12.9. The Labute approximate surface area is 137 Å². The molecule has 0 saturated carbocycles. The molecule has 0 unspecified atom stereocenters. The third-order valence-electron chi connectivity index (χ3n) is 3.22. The normalized spacial score (nSPS) is 10.3. The number of halogens is 1. The first-order chi connectivity index (χ1) is 10.9. The summed E-state index contributed by atoms with van der Waals surface area (Å²) in [4.78, 5) is 24.7. The fourth-order valence-corrected chi connectivity index (χ4v) is 3.00. The van der Waals surface area contributed by atoms with Crippen molar-refractivity contribution in [3.05, 3.63) is 46.1 Å². The van der Waals surface area contributed by atoms with Crippen LogP contribution in [-0.4, -0.2) is 25.6 Å². The summed E-state index contributed by atoms with van der Waals surface area (Å²) in [7, 11) is 1.28. The summed E-state index contributed by atoms with van der Waals surface area (Å²) < 4.78 is 23.3. The number of hydrogen-bond donors (Lipinski definition) is 1. The summed E-state index contributed by atoms with van der Waals surface area (Å²) in [6.07, 6.45) is 0. The van der Waals surface area contributed by atoms with E-state index in [1.807, 2.05) is 6.92 Å². The predicted molar refractivity (Wildman–Crippen MR) is 85.7 cm³/mol. The second-order valence-corrected chi connectivity index (χ2v) is 5.97. The summed E-state index contributed by atoms with van der Waals surface area (Å²) in [5, 5.41) is 3.01. The molecule has 0 spiro atoms. The number of ether oxygens (including phenoxy) is 2. The van der Waals surface area contributed by atoms with Crippen LogP contribution in [0.3, 0.4) is 0 Å². The summed E-state index contributed by atoms with van der Waals surface area (Å²) in [5.41, 5.74) is 1.08. The molecule has 1 aromatic carbocycles. The van der Waals surface area contributed by atoms with E-state index in [0.717, 1.165) is 10.4 Å². The van der Waals surface area contributed by atoms with Gasteiger partial charge in [0.25, 0.3) is 5.91 Å². The van der Waals surface area contributed by atoms with Crippen molar-refractivity contribution in [2.45, 2.75) is 13.8 Å². The average molecular weight is 337 g/mol. The summed E-state index contributed by atoms with van der Waals surface area (Å²) in [6, 6.07) is 5.82. The molecule has 0 aliphatic heterocycles. The number of aryl methyl sites for hydroxylation is 1. The molecule has 1 aromatic heterocycles. The van der Waals surface area contributed by atoms with E-state index >= 15 is 0 Å². The molecule has 23 heavy (non-hydrogen) atoms. The monoisotopic (exact) mass is 337 g/mol. The molecule has 0 atom stereocenters. The summed E-state index contributed by atoms with van der Waals surface area (Å²) >= 11 is 1.28.